The molecule has 4 aromatic rings. The predicted molar refractivity (Wildman–Crippen MR) is 147 cm³/mol. The maximum atomic E-state index is 13.4. The number of Topliss-reactive ketones (excluding diaryl/α,β-unsaturated/α-hetero) is 1. The van der Waals surface area contributed by atoms with Crippen molar-refractivity contribution in [1.29, 1.82) is 0 Å². The largest absolute Gasteiger partial charge is 0.449 e. The van der Waals surface area contributed by atoms with E-state index in [0.29, 0.717) is 16.8 Å². The minimum Gasteiger partial charge on any atom is -0.449 e. The molecule has 36 heavy (non-hydrogen) atoms. The van der Waals surface area contributed by atoms with Gasteiger partial charge in [0.2, 0.25) is 5.78 Å². The zero-order valence-corrected chi connectivity index (χ0v) is 22.1. The number of benzene rings is 4. The topological polar surface area (TPSA) is 72.5 Å². The van der Waals surface area contributed by atoms with Crippen LogP contribution in [0, 0.1) is 0 Å². The van der Waals surface area contributed by atoms with E-state index >= 15 is 0 Å². The number of hydrogen-bond donors (Lipinski definition) is 1. The molecule has 1 N–H and O–H groups in total. The molecule has 0 fully saturated rings. The quantitative estimate of drug-likeness (QED) is 0.130. The highest BCUT2D eigenvalue weighted by Gasteiger charge is 2.32. The molecule has 4 rings (SSSR count). The molecular formula is C29H21Br2NO4. The number of carbonyl (C=O) groups excluding carboxylic acids is 3. The zero-order chi connectivity index (χ0) is 25.5. The Kier molecular flexibility index (Phi) is 8.46. The lowest BCUT2D eigenvalue weighted by Gasteiger charge is -2.22. The molecule has 1 amide bonds. The van der Waals surface area contributed by atoms with Crippen molar-refractivity contribution in [2.24, 2.45) is 0 Å². The molecule has 0 heterocycles. The van der Waals surface area contributed by atoms with Crippen molar-refractivity contribution in [3.05, 3.63) is 136 Å². The van der Waals surface area contributed by atoms with Gasteiger partial charge >= 0.3 is 5.97 Å². The van der Waals surface area contributed by atoms with Crippen molar-refractivity contribution >= 4 is 55.2 Å². The molecule has 7 heteroatoms. The summed E-state index contributed by atoms with van der Waals surface area (Å²) in [5.41, 5.74) is 2.36. The lowest BCUT2D eigenvalue weighted by molar-refractivity contribution is 0.0282. The Hall–Kier alpha value is -3.55. The van der Waals surface area contributed by atoms with Crippen LogP contribution in [0.2, 0.25) is 0 Å². The Morgan fingerprint density at radius 2 is 1.31 bits per heavy atom. The fourth-order valence-electron chi connectivity index (χ4n) is 3.54. The van der Waals surface area contributed by atoms with E-state index in [0.717, 1.165) is 10.0 Å². The second-order valence-corrected chi connectivity index (χ2v) is 9.81. The first-order valence-electron chi connectivity index (χ1n) is 11.1. The Bertz CT molecular complexity index is 1360. The van der Waals surface area contributed by atoms with Gasteiger partial charge in [0, 0.05) is 21.3 Å². The van der Waals surface area contributed by atoms with E-state index in [2.05, 4.69) is 37.2 Å². The van der Waals surface area contributed by atoms with Gasteiger partial charge in [-0.2, -0.15) is 0 Å². The Labute approximate surface area is 225 Å². The highest BCUT2D eigenvalue weighted by Crippen LogP contribution is 2.31. The van der Waals surface area contributed by atoms with Crippen LogP contribution in [0.15, 0.2) is 114 Å². The summed E-state index contributed by atoms with van der Waals surface area (Å²) in [4.78, 5) is 38.5. The van der Waals surface area contributed by atoms with Crippen molar-refractivity contribution in [3.63, 3.8) is 0 Å². The molecule has 0 spiro atoms. The number of esters is 1. The second-order valence-electron chi connectivity index (χ2n) is 7.91. The van der Waals surface area contributed by atoms with Crippen LogP contribution < -0.4 is 5.32 Å². The molecule has 0 bridgehead atoms. The average Bonchev–Trinajstić information content (AvgIpc) is 2.92. The third kappa shape index (κ3) is 6.36. The van der Waals surface area contributed by atoms with E-state index in [1.165, 1.54) is 6.07 Å². The summed E-state index contributed by atoms with van der Waals surface area (Å²) in [5, 5.41) is 2.79. The molecule has 0 saturated carbocycles. The molecule has 0 aromatic heterocycles. The third-order valence-electron chi connectivity index (χ3n) is 5.40. The van der Waals surface area contributed by atoms with E-state index in [1.54, 1.807) is 66.7 Å². The van der Waals surface area contributed by atoms with Crippen LogP contribution in [-0.2, 0) is 4.74 Å². The zero-order valence-electron chi connectivity index (χ0n) is 18.9. The number of ketones is 1. The monoisotopic (exact) mass is 605 g/mol. The number of alkyl halides is 1. The van der Waals surface area contributed by atoms with Crippen LogP contribution in [0.1, 0.15) is 41.5 Å². The van der Waals surface area contributed by atoms with E-state index in [-0.39, 0.29) is 17.3 Å². The standard InChI is InChI=1S/C29H21Br2NO4/c30-23-16-14-21(15-17-23)28(34)32-24-13-7-12-22(18-24)29(35)36-27(25(31)19-8-3-1-4-9-19)26(33)20-10-5-2-6-11-20/h1-18,25,27H,(H,32,34)/t25-,27-/m1/s1. The summed E-state index contributed by atoms with van der Waals surface area (Å²) >= 11 is 6.92. The highest BCUT2D eigenvalue weighted by molar-refractivity contribution is 9.10. The number of carbonyl (C=O) groups is 3. The van der Waals surface area contributed by atoms with Crippen LogP contribution in [-0.4, -0.2) is 23.8 Å². The van der Waals surface area contributed by atoms with Gasteiger partial charge in [0.1, 0.15) is 0 Å². The second kappa shape index (κ2) is 11.9. The molecule has 5 nitrogen and oxygen atoms in total. The first-order valence-corrected chi connectivity index (χ1v) is 12.8. The van der Waals surface area contributed by atoms with E-state index < -0.39 is 16.9 Å². The molecule has 0 aliphatic heterocycles. The summed E-state index contributed by atoms with van der Waals surface area (Å²) in [7, 11) is 0. The van der Waals surface area contributed by atoms with Gasteiger partial charge in [0.05, 0.1) is 10.4 Å². The number of halogens is 2. The van der Waals surface area contributed by atoms with Gasteiger partial charge in [-0.25, -0.2) is 4.79 Å². The number of rotatable bonds is 8. The Morgan fingerprint density at radius 3 is 1.97 bits per heavy atom. The van der Waals surface area contributed by atoms with E-state index in [9.17, 15) is 14.4 Å². The lowest BCUT2D eigenvalue weighted by Crippen LogP contribution is -2.31. The Morgan fingerprint density at radius 1 is 0.694 bits per heavy atom. The minimum atomic E-state index is -1.11. The van der Waals surface area contributed by atoms with Crippen LogP contribution in [0.5, 0.6) is 0 Å². The van der Waals surface area contributed by atoms with Crippen LogP contribution >= 0.6 is 31.9 Å². The molecule has 0 aliphatic rings. The highest BCUT2D eigenvalue weighted by atomic mass is 79.9. The molecule has 0 aliphatic carbocycles. The van der Waals surface area contributed by atoms with Crippen LogP contribution in [0.25, 0.3) is 0 Å². The maximum Gasteiger partial charge on any atom is 0.338 e. The van der Waals surface area contributed by atoms with Crippen LogP contribution in [0.4, 0.5) is 5.69 Å². The summed E-state index contributed by atoms with van der Waals surface area (Å²) in [5.74, 6) is -1.31. The SMILES string of the molecule is O=C(Nc1cccc(C(=O)O[C@@H](C(=O)c2ccccc2)[C@H](Br)c2ccccc2)c1)c1ccc(Br)cc1. The van der Waals surface area contributed by atoms with Crippen molar-refractivity contribution in [2.45, 2.75) is 10.9 Å². The molecular weight excluding hydrogens is 586 g/mol. The fourth-order valence-corrected chi connectivity index (χ4v) is 4.45. The van der Waals surface area contributed by atoms with E-state index in [4.69, 9.17) is 4.74 Å². The van der Waals surface area contributed by atoms with E-state index in [1.807, 2.05) is 36.4 Å². The smallest absolute Gasteiger partial charge is 0.338 e. The fraction of sp³-hybridized carbons (Fsp3) is 0.0690. The lowest BCUT2D eigenvalue weighted by atomic mass is 9.99. The maximum absolute atomic E-state index is 13.4. The number of ether oxygens (including phenoxy) is 1. The van der Waals surface area contributed by atoms with Crippen LogP contribution in [0.3, 0.4) is 0 Å². The van der Waals surface area contributed by atoms with Gasteiger partial charge in [-0.1, -0.05) is 98.6 Å². The van der Waals surface area contributed by atoms with Gasteiger partial charge in [-0.15, -0.1) is 0 Å². The Balaban J connectivity index is 1.55. The van der Waals surface area contributed by atoms with Gasteiger partial charge in [0.15, 0.2) is 6.10 Å². The third-order valence-corrected chi connectivity index (χ3v) is 6.93. The normalized spacial score (nSPS) is 12.3. The van der Waals surface area contributed by atoms with Gasteiger partial charge < -0.3 is 10.1 Å². The number of amides is 1. The molecule has 180 valence electrons. The summed E-state index contributed by atoms with van der Waals surface area (Å²) < 4.78 is 6.64. The summed E-state index contributed by atoms with van der Waals surface area (Å²) in [6.07, 6.45) is -1.11. The minimum absolute atomic E-state index is 0.210. The van der Waals surface area contributed by atoms with Crippen molar-refractivity contribution < 1.29 is 19.1 Å². The average molecular weight is 607 g/mol. The summed E-state index contributed by atoms with van der Waals surface area (Å²) in [6, 6.07) is 31.4. The van der Waals surface area contributed by atoms with Gasteiger partial charge in [0.25, 0.3) is 5.91 Å². The number of hydrogen-bond acceptors (Lipinski definition) is 4. The first-order chi connectivity index (χ1) is 17.4. The molecule has 0 unspecified atom stereocenters. The van der Waals surface area contributed by atoms with Gasteiger partial charge in [-0.3, -0.25) is 9.59 Å². The molecule has 0 radical (unpaired) electrons. The molecule has 4 aromatic carbocycles. The summed E-state index contributed by atoms with van der Waals surface area (Å²) in [6.45, 7) is 0. The first kappa shape index (κ1) is 25.5. The van der Waals surface area contributed by atoms with Crippen molar-refractivity contribution in [1.82, 2.24) is 0 Å². The van der Waals surface area contributed by atoms with Gasteiger partial charge in [-0.05, 0) is 48.0 Å². The molecule has 0 saturated heterocycles. The number of nitrogens with one attached hydrogen (secondary N) is 1. The van der Waals surface area contributed by atoms with Crippen molar-refractivity contribution in [3.8, 4) is 0 Å². The molecule has 2 atom stereocenters. The van der Waals surface area contributed by atoms with Crippen molar-refractivity contribution in [2.75, 3.05) is 5.32 Å². The predicted octanol–water partition coefficient (Wildman–Crippen LogP) is 7.25. The number of anilines is 1.